The second-order valence-corrected chi connectivity index (χ2v) is 5.58. The van der Waals surface area contributed by atoms with Gasteiger partial charge in [-0.25, -0.2) is 0 Å². The van der Waals surface area contributed by atoms with Crippen LogP contribution in [0.5, 0.6) is 0 Å². The van der Waals surface area contributed by atoms with E-state index < -0.39 is 0 Å². The molecule has 0 spiro atoms. The molecule has 1 aliphatic rings. The van der Waals surface area contributed by atoms with E-state index in [2.05, 4.69) is 39.6 Å². The molecule has 0 aliphatic carbocycles. The monoisotopic (exact) mass is 169 g/mol. The maximum atomic E-state index is 2.52. The minimum Gasteiger partial charge on any atom is -0.303 e. The van der Waals surface area contributed by atoms with Gasteiger partial charge in [-0.2, -0.15) is 0 Å². The van der Waals surface area contributed by atoms with Crippen molar-refractivity contribution in [2.45, 2.75) is 46.6 Å². The number of nitrogens with zero attached hydrogens (tertiary/aromatic N) is 1. The zero-order valence-corrected chi connectivity index (χ0v) is 9.22. The highest BCUT2D eigenvalue weighted by Crippen LogP contribution is 2.32. The van der Waals surface area contributed by atoms with Crippen molar-refractivity contribution in [3.8, 4) is 0 Å². The highest BCUT2D eigenvalue weighted by atomic mass is 15.2. The summed E-state index contributed by atoms with van der Waals surface area (Å²) in [6.45, 7) is 10.7. The van der Waals surface area contributed by atoms with Crippen molar-refractivity contribution in [3.63, 3.8) is 0 Å². The largest absolute Gasteiger partial charge is 0.303 e. The van der Waals surface area contributed by atoms with Gasteiger partial charge in [0, 0.05) is 6.04 Å². The lowest BCUT2D eigenvalue weighted by molar-refractivity contribution is 0.198. The lowest BCUT2D eigenvalue weighted by Gasteiger charge is -2.30. The van der Waals surface area contributed by atoms with Gasteiger partial charge in [0.15, 0.2) is 0 Å². The minimum atomic E-state index is 0.484. The average Bonchev–Trinajstić information content (AvgIpc) is 2.16. The SMILES string of the molecule is C[C@@H]1CCN(C)[C@@H]1CC(C)(C)C. The van der Waals surface area contributed by atoms with Crippen LogP contribution in [0.2, 0.25) is 0 Å². The topological polar surface area (TPSA) is 3.24 Å². The summed E-state index contributed by atoms with van der Waals surface area (Å²) in [7, 11) is 2.26. The molecule has 72 valence electrons. The van der Waals surface area contributed by atoms with E-state index in [-0.39, 0.29) is 0 Å². The first kappa shape index (κ1) is 10.0. The highest BCUT2D eigenvalue weighted by Gasteiger charge is 2.31. The molecule has 0 N–H and O–H groups in total. The summed E-state index contributed by atoms with van der Waals surface area (Å²) in [5.74, 6) is 0.897. The van der Waals surface area contributed by atoms with Crippen LogP contribution in [0.3, 0.4) is 0 Å². The van der Waals surface area contributed by atoms with E-state index in [4.69, 9.17) is 0 Å². The van der Waals surface area contributed by atoms with Gasteiger partial charge in [-0.3, -0.25) is 0 Å². The molecule has 0 unspecified atom stereocenters. The van der Waals surface area contributed by atoms with Crippen molar-refractivity contribution in [3.05, 3.63) is 0 Å². The fourth-order valence-corrected chi connectivity index (χ4v) is 2.18. The quantitative estimate of drug-likeness (QED) is 0.583. The summed E-state index contributed by atoms with van der Waals surface area (Å²) in [6.07, 6.45) is 2.72. The standard InChI is InChI=1S/C11H23N/c1-9-6-7-12(5)10(9)8-11(2,3)4/h9-10H,6-8H2,1-5H3/t9-,10-/m1/s1. The van der Waals surface area contributed by atoms with Crippen LogP contribution in [0.25, 0.3) is 0 Å². The maximum absolute atomic E-state index is 2.52. The minimum absolute atomic E-state index is 0.484. The Morgan fingerprint density at radius 3 is 2.25 bits per heavy atom. The Morgan fingerprint density at radius 2 is 1.92 bits per heavy atom. The molecule has 1 rings (SSSR count). The van der Waals surface area contributed by atoms with E-state index in [1.165, 1.54) is 19.4 Å². The summed E-state index contributed by atoms with van der Waals surface area (Å²) >= 11 is 0. The Hall–Kier alpha value is -0.0400. The fourth-order valence-electron chi connectivity index (χ4n) is 2.18. The summed E-state index contributed by atoms with van der Waals surface area (Å²) in [5.41, 5.74) is 0.484. The van der Waals surface area contributed by atoms with Crippen molar-refractivity contribution in [2.75, 3.05) is 13.6 Å². The van der Waals surface area contributed by atoms with Crippen molar-refractivity contribution < 1.29 is 0 Å². The molecule has 1 fully saturated rings. The lowest BCUT2D eigenvalue weighted by Crippen LogP contribution is -2.32. The molecular weight excluding hydrogens is 146 g/mol. The third kappa shape index (κ3) is 2.48. The van der Waals surface area contributed by atoms with Crippen LogP contribution in [-0.2, 0) is 0 Å². The van der Waals surface area contributed by atoms with Gasteiger partial charge in [0.1, 0.15) is 0 Å². The van der Waals surface area contributed by atoms with Crippen molar-refractivity contribution in [1.29, 1.82) is 0 Å². The van der Waals surface area contributed by atoms with Crippen molar-refractivity contribution >= 4 is 0 Å². The number of rotatable bonds is 1. The first-order valence-corrected chi connectivity index (χ1v) is 5.10. The molecule has 0 bridgehead atoms. The normalized spacial score (nSPS) is 32.8. The van der Waals surface area contributed by atoms with Gasteiger partial charge >= 0.3 is 0 Å². The van der Waals surface area contributed by atoms with E-state index in [0.29, 0.717) is 5.41 Å². The van der Waals surface area contributed by atoms with Gasteiger partial charge in [-0.15, -0.1) is 0 Å². The molecular formula is C11H23N. The Kier molecular flexibility index (Phi) is 2.82. The van der Waals surface area contributed by atoms with Crippen LogP contribution in [0, 0.1) is 11.3 Å². The first-order valence-electron chi connectivity index (χ1n) is 5.10. The van der Waals surface area contributed by atoms with E-state index in [9.17, 15) is 0 Å². The molecule has 1 aliphatic heterocycles. The summed E-state index contributed by atoms with van der Waals surface area (Å²) < 4.78 is 0. The Morgan fingerprint density at radius 1 is 1.33 bits per heavy atom. The lowest BCUT2D eigenvalue weighted by atomic mass is 9.84. The average molecular weight is 169 g/mol. The van der Waals surface area contributed by atoms with Gasteiger partial charge in [-0.05, 0) is 37.8 Å². The Balaban J connectivity index is 2.50. The maximum Gasteiger partial charge on any atom is 0.0123 e. The van der Waals surface area contributed by atoms with Crippen LogP contribution in [-0.4, -0.2) is 24.5 Å². The zero-order valence-electron chi connectivity index (χ0n) is 9.22. The van der Waals surface area contributed by atoms with Crippen LogP contribution in [0.15, 0.2) is 0 Å². The summed E-state index contributed by atoms with van der Waals surface area (Å²) in [5, 5.41) is 0. The molecule has 0 amide bonds. The molecule has 0 saturated carbocycles. The van der Waals surface area contributed by atoms with Crippen LogP contribution < -0.4 is 0 Å². The van der Waals surface area contributed by atoms with Crippen molar-refractivity contribution in [1.82, 2.24) is 4.90 Å². The molecule has 0 radical (unpaired) electrons. The van der Waals surface area contributed by atoms with Crippen LogP contribution in [0.1, 0.15) is 40.5 Å². The van der Waals surface area contributed by atoms with E-state index in [0.717, 1.165) is 12.0 Å². The molecule has 1 heteroatoms. The second kappa shape index (κ2) is 3.37. The number of likely N-dealkylation sites (tertiary alicyclic amines) is 1. The predicted molar refractivity (Wildman–Crippen MR) is 54.3 cm³/mol. The fraction of sp³-hybridized carbons (Fsp3) is 1.00. The molecule has 12 heavy (non-hydrogen) atoms. The van der Waals surface area contributed by atoms with Gasteiger partial charge in [0.2, 0.25) is 0 Å². The van der Waals surface area contributed by atoms with Gasteiger partial charge < -0.3 is 4.90 Å². The zero-order chi connectivity index (χ0) is 9.35. The van der Waals surface area contributed by atoms with Gasteiger partial charge in [0.25, 0.3) is 0 Å². The van der Waals surface area contributed by atoms with Crippen LogP contribution >= 0.6 is 0 Å². The van der Waals surface area contributed by atoms with Gasteiger partial charge in [-0.1, -0.05) is 27.7 Å². The molecule has 0 aromatic rings. The Bertz CT molecular complexity index is 136. The van der Waals surface area contributed by atoms with Crippen molar-refractivity contribution in [2.24, 2.45) is 11.3 Å². The smallest absolute Gasteiger partial charge is 0.0123 e. The number of hydrogen-bond acceptors (Lipinski definition) is 1. The molecule has 1 heterocycles. The summed E-state index contributed by atoms with van der Waals surface area (Å²) in [4.78, 5) is 2.52. The Labute approximate surface area is 77.1 Å². The number of hydrogen-bond donors (Lipinski definition) is 0. The molecule has 0 aromatic carbocycles. The third-order valence-electron chi connectivity index (χ3n) is 2.98. The first-order chi connectivity index (χ1) is 5.40. The summed E-state index contributed by atoms with van der Waals surface area (Å²) in [6, 6.07) is 0.824. The molecule has 1 saturated heterocycles. The van der Waals surface area contributed by atoms with E-state index >= 15 is 0 Å². The van der Waals surface area contributed by atoms with Crippen LogP contribution in [0.4, 0.5) is 0 Å². The molecule has 2 atom stereocenters. The van der Waals surface area contributed by atoms with E-state index in [1.54, 1.807) is 0 Å². The highest BCUT2D eigenvalue weighted by molar-refractivity contribution is 4.85. The molecule has 0 aromatic heterocycles. The molecule has 1 nitrogen and oxygen atoms in total. The van der Waals surface area contributed by atoms with Gasteiger partial charge in [0.05, 0.1) is 0 Å². The predicted octanol–water partition coefficient (Wildman–Crippen LogP) is 2.76. The third-order valence-corrected chi connectivity index (χ3v) is 2.98. The van der Waals surface area contributed by atoms with E-state index in [1.807, 2.05) is 0 Å². The second-order valence-electron chi connectivity index (χ2n) is 5.58.